The molecule has 0 amide bonds. The summed E-state index contributed by atoms with van der Waals surface area (Å²) < 4.78 is 24.8. The van der Waals surface area contributed by atoms with Crippen LogP contribution < -0.4 is 51.4 Å². The Labute approximate surface area is 236 Å². The van der Waals surface area contributed by atoms with E-state index in [2.05, 4.69) is 0 Å². The van der Waals surface area contributed by atoms with Crippen molar-refractivity contribution in [3.05, 3.63) is 76.9 Å². The van der Waals surface area contributed by atoms with Crippen molar-refractivity contribution in [2.75, 3.05) is 0 Å². The van der Waals surface area contributed by atoms with E-state index in [0.717, 1.165) is 56.1 Å². The maximum atomic E-state index is 12.7. The van der Waals surface area contributed by atoms with Crippen LogP contribution in [0, 0.1) is 11.6 Å². The van der Waals surface area contributed by atoms with Crippen LogP contribution in [0.5, 0.6) is 0 Å². The fraction of sp³-hybridized carbons (Fsp3) is 0.346. The molecule has 2 saturated carbocycles. The molecule has 2 aromatic carbocycles. The molecule has 7 heteroatoms. The van der Waals surface area contributed by atoms with Gasteiger partial charge >= 0.3 is 51.4 Å². The summed E-state index contributed by atoms with van der Waals surface area (Å²) >= 11 is 0. The molecule has 4 nitrogen and oxygen atoms in total. The van der Waals surface area contributed by atoms with Crippen LogP contribution >= 0.6 is 0 Å². The van der Waals surface area contributed by atoms with Crippen LogP contribution in [0.3, 0.4) is 0 Å². The van der Waals surface area contributed by atoms with Crippen LogP contribution in [0.1, 0.15) is 73.7 Å². The largest absolute Gasteiger partial charge is 1.00 e. The number of hydrogen-bond acceptors (Lipinski definition) is 4. The van der Waals surface area contributed by atoms with Crippen molar-refractivity contribution in [3.8, 4) is 0 Å². The number of carbonyl (C=O) groups is 3. The molecule has 2 fully saturated rings. The van der Waals surface area contributed by atoms with E-state index < -0.39 is 0 Å². The van der Waals surface area contributed by atoms with E-state index in [1.165, 1.54) is 42.8 Å². The minimum atomic E-state index is -0.319. The monoisotopic (exact) mass is 482 g/mol. The zero-order chi connectivity index (χ0) is 22.5. The van der Waals surface area contributed by atoms with Gasteiger partial charge < -0.3 is 5.48 Å². The number of rotatable bonds is 2. The SMILES string of the molecule is O=C1CCCC/C1=C\c1ccc(F)cc1.O=C1CCCCC1.O=Cc1ccc(F)cc1.[K+].[OH-]. The fourth-order valence-corrected chi connectivity index (χ4v) is 3.30. The minimum Gasteiger partial charge on any atom is -0.870 e. The van der Waals surface area contributed by atoms with Crippen molar-refractivity contribution in [3.63, 3.8) is 0 Å². The normalized spacial score (nSPS) is 16.1. The number of allylic oxidation sites excluding steroid dienone is 1. The summed E-state index contributed by atoms with van der Waals surface area (Å²) in [6.45, 7) is 0. The van der Waals surface area contributed by atoms with E-state index in [1.54, 1.807) is 12.1 Å². The second kappa shape index (κ2) is 18.0. The van der Waals surface area contributed by atoms with Gasteiger partial charge in [-0.15, -0.1) is 0 Å². The third-order valence-corrected chi connectivity index (χ3v) is 5.09. The third-order valence-electron chi connectivity index (χ3n) is 5.09. The van der Waals surface area contributed by atoms with E-state index in [9.17, 15) is 23.2 Å². The number of ketones is 2. The fourth-order valence-electron chi connectivity index (χ4n) is 3.30. The first-order valence-electron chi connectivity index (χ1n) is 10.7. The molecule has 2 aliphatic carbocycles. The van der Waals surface area contributed by atoms with Gasteiger partial charge in [-0.05, 0) is 85.7 Å². The summed E-state index contributed by atoms with van der Waals surface area (Å²) in [4.78, 5) is 32.0. The van der Waals surface area contributed by atoms with E-state index in [-0.39, 0.29) is 74.3 Å². The predicted octanol–water partition coefficient (Wildman–Crippen LogP) is 3.34. The van der Waals surface area contributed by atoms with Crippen LogP contribution in [-0.4, -0.2) is 23.3 Å². The average Bonchev–Trinajstić information content (AvgIpc) is 2.79. The molecule has 0 radical (unpaired) electrons. The van der Waals surface area contributed by atoms with Gasteiger partial charge in [0.1, 0.15) is 23.7 Å². The minimum absolute atomic E-state index is 0. The average molecular weight is 483 g/mol. The van der Waals surface area contributed by atoms with Gasteiger partial charge in [-0.2, -0.15) is 0 Å². The molecule has 0 saturated heterocycles. The number of hydrogen-bond donors (Lipinski definition) is 0. The molecule has 33 heavy (non-hydrogen) atoms. The Morgan fingerprint density at radius 1 is 0.636 bits per heavy atom. The zero-order valence-corrected chi connectivity index (χ0v) is 22.2. The first kappa shape index (κ1) is 31.6. The summed E-state index contributed by atoms with van der Waals surface area (Å²) in [5.41, 5.74) is 2.28. The van der Waals surface area contributed by atoms with E-state index in [4.69, 9.17) is 0 Å². The van der Waals surface area contributed by atoms with Crippen LogP contribution in [0.2, 0.25) is 0 Å². The summed E-state index contributed by atoms with van der Waals surface area (Å²) in [5.74, 6) is 0.143. The molecule has 2 aromatic rings. The van der Waals surface area contributed by atoms with Gasteiger partial charge in [0.15, 0.2) is 5.78 Å². The third kappa shape index (κ3) is 13.2. The Bertz CT molecular complexity index is 886. The van der Waals surface area contributed by atoms with Gasteiger partial charge in [0.2, 0.25) is 0 Å². The molecule has 0 atom stereocenters. The molecule has 172 valence electrons. The van der Waals surface area contributed by atoms with Crippen LogP contribution in [0.15, 0.2) is 54.1 Å². The van der Waals surface area contributed by atoms with Gasteiger partial charge in [0.25, 0.3) is 0 Å². The van der Waals surface area contributed by atoms with Crippen molar-refractivity contribution in [2.24, 2.45) is 0 Å². The molecule has 2 aliphatic rings. The molecular weight excluding hydrogens is 453 g/mol. The maximum Gasteiger partial charge on any atom is 1.00 e. The Morgan fingerprint density at radius 2 is 1.09 bits per heavy atom. The zero-order valence-electron chi connectivity index (χ0n) is 19.1. The molecule has 4 rings (SSSR count). The molecule has 0 unspecified atom stereocenters. The first-order chi connectivity index (χ1) is 15.0. The molecular formula is C26H29F2KO4. The Kier molecular flexibility index (Phi) is 17.3. The van der Waals surface area contributed by atoms with Crippen molar-refractivity contribution in [1.82, 2.24) is 0 Å². The van der Waals surface area contributed by atoms with E-state index in [0.29, 0.717) is 24.1 Å². The second-order valence-corrected chi connectivity index (χ2v) is 7.62. The number of halogens is 2. The quantitative estimate of drug-likeness (QED) is 0.374. The maximum absolute atomic E-state index is 12.7. The Balaban J connectivity index is 0.000000491. The van der Waals surface area contributed by atoms with Crippen molar-refractivity contribution < 1.29 is 80.0 Å². The van der Waals surface area contributed by atoms with Crippen LogP contribution in [-0.2, 0) is 9.59 Å². The van der Waals surface area contributed by atoms with Gasteiger partial charge in [-0.3, -0.25) is 14.4 Å². The molecule has 0 spiro atoms. The van der Waals surface area contributed by atoms with Crippen LogP contribution in [0.4, 0.5) is 8.78 Å². The van der Waals surface area contributed by atoms with Gasteiger partial charge in [-0.25, -0.2) is 8.78 Å². The van der Waals surface area contributed by atoms with Crippen molar-refractivity contribution in [1.29, 1.82) is 0 Å². The predicted molar refractivity (Wildman–Crippen MR) is 120 cm³/mol. The summed E-state index contributed by atoms with van der Waals surface area (Å²) in [6.07, 6.45) is 11.4. The van der Waals surface area contributed by atoms with Crippen molar-refractivity contribution >= 4 is 23.9 Å². The molecule has 0 aromatic heterocycles. The van der Waals surface area contributed by atoms with Gasteiger partial charge in [0.05, 0.1) is 0 Å². The van der Waals surface area contributed by atoms with E-state index >= 15 is 0 Å². The molecule has 0 bridgehead atoms. The number of Topliss-reactive ketones (excluding diaryl/α,β-unsaturated/α-hetero) is 2. The summed E-state index contributed by atoms with van der Waals surface area (Å²) in [6, 6.07) is 11.6. The number of aldehydes is 1. The second-order valence-electron chi connectivity index (χ2n) is 7.62. The summed E-state index contributed by atoms with van der Waals surface area (Å²) in [7, 11) is 0. The van der Waals surface area contributed by atoms with Crippen LogP contribution in [0.25, 0.3) is 6.08 Å². The number of benzene rings is 2. The van der Waals surface area contributed by atoms with Crippen molar-refractivity contribution in [2.45, 2.75) is 57.8 Å². The van der Waals surface area contributed by atoms with E-state index in [1.807, 2.05) is 6.08 Å². The molecule has 1 N–H and O–H groups in total. The topological polar surface area (TPSA) is 81.2 Å². The summed E-state index contributed by atoms with van der Waals surface area (Å²) in [5, 5.41) is 0. The van der Waals surface area contributed by atoms with Gasteiger partial charge in [0, 0.05) is 24.8 Å². The number of carbonyl (C=O) groups excluding carboxylic acids is 3. The molecule has 0 aliphatic heterocycles. The Hall–Kier alpha value is -1.35. The first-order valence-corrected chi connectivity index (χ1v) is 10.7. The Morgan fingerprint density at radius 3 is 1.52 bits per heavy atom. The smallest absolute Gasteiger partial charge is 0.870 e. The standard InChI is InChI=1S/C13H13FO.C7H5FO.C6H10O.K.H2O/c14-12-7-5-10(6-8-12)9-11-3-1-2-4-13(11)15;8-7-3-1-6(5-9)2-4-7;7-6-4-2-1-3-5-6;;/h5-9H,1-4H2;1-5H;1-5H2;;1H2/q;;;+1;/p-1/b11-9+;;;;. The van der Waals surface area contributed by atoms with Gasteiger partial charge in [-0.1, -0.05) is 18.6 Å². The molecule has 0 heterocycles.